The zero-order chi connectivity index (χ0) is 14.4. The van der Waals surface area contributed by atoms with Gasteiger partial charge in [0.25, 0.3) is 0 Å². The van der Waals surface area contributed by atoms with Crippen LogP contribution in [0.15, 0.2) is 24.3 Å². The first-order valence-electron chi connectivity index (χ1n) is 6.26. The van der Waals surface area contributed by atoms with Gasteiger partial charge in [0.1, 0.15) is 5.75 Å². The van der Waals surface area contributed by atoms with E-state index in [2.05, 4.69) is 5.32 Å². The summed E-state index contributed by atoms with van der Waals surface area (Å²) >= 11 is 0. The molecule has 0 bridgehead atoms. The summed E-state index contributed by atoms with van der Waals surface area (Å²) < 4.78 is 5.33. The number of nitrogens with one attached hydrogen (secondary N) is 1. The molecule has 1 aromatic carbocycles. The topological polar surface area (TPSA) is 58.6 Å². The number of carbonyl (C=O) groups is 2. The molecule has 0 aliphatic heterocycles. The number of hydrogen-bond donors (Lipinski definition) is 1. The Balaban J connectivity index is 2.71. The molecule has 2 amide bonds. The summed E-state index contributed by atoms with van der Waals surface area (Å²) in [6.45, 7) is 6.13. The number of hydrogen-bond acceptors (Lipinski definition) is 3. The van der Waals surface area contributed by atoms with E-state index in [1.165, 1.54) is 4.90 Å². The third kappa shape index (κ3) is 4.28. The minimum absolute atomic E-state index is 0.0204. The Morgan fingerprint density at radius 1 is 1.37 bits per heavy atom. The van der Waals surface area contributed by atoms with Crippen LogP contribution in [0, 0.1) is 0 Å². The molecule has 0 saturated heterocycles. The van der Waals surface area contributed by atoms with E-state index in [9.17, 15) is 9.59 Å². The van der Waals surface area contributed by atoms with Crippen molar-refractivity contribution < 1.29 is 14.3 Å². The highest BCUT2D eigenvalue weighted by atomic mass is 16.5. The molecule has 0 aliphatic rings. The Bertz CT molecular complexity index is 458. The number of rotatable bonds is 4. The fraction of sp³-hybridized carbons (Fsp3) is 0.429. The highest BCUT2D eigenvalue weighted by Gasteiger charge is 2.20. The molecular formula is C14H20N2O3. The summed E-state index contributed by atoms with van der Waals surface area (Å²) in [5, 5.41) is 2.57. The van der Waals surface area contributed by atoms with Crippen molar-refractivity contribution in [1.29, 1.82) is 0 Å². The normalized spacial score (nSPS) is 10.2. The van der Waals surface area contributed by atoms with Gasteiger partial charge in [0.15, 0.2) is 0 Å². The van der Waals surface area contributed by atoms with Crippen LogP contribution >= 0.6 is 0 Å². The van der Waals surface area contributed by atoms with Crippen LogP contribution in [0.2, 0.25) is 0 Å². The molecule has 1 aromatic rings. The van der Waals surface area contributed by atoms with Crippen LogP contribution in [0.5, 0.6) is 5.75 Å². The van der Waals surface area contributed by atoms with Crippen LogP contribution in [0.3, 0.4) is 0 Å². The second kappa shape index (κ2) is 6.78. The SMILES string of the molecule is CCOc1cccc(NC(=O)C(=O)N(C)C(C)C)c1. The Morgan fingerprint density at radius 3 is 2.63 bits per heavy atom. The molecule has 0 spiro atoms. The summed E-state index contributed by atoms with van der Waals surface area (Å²) in [6, 6.07) is 6.93. The van der Waals surface area contributed by atoms with Gasteiger partial charge in [-0.15, -0.1) is 0 Å². The van der Waals surface area contributed by atoms with E-state index in [0.717, 1.165) is 0 Å². The number of amides is 2. The number of ether oxygens (including phenoxy) is 1. The molecule has 0 radical (unpaired) electrons. The lowest BCUT2D eigenvalue weighted by molar-refractivity contribution is -0.143. The third-order valence-corrected chi connectivity index (χ3v) is 2.69. The number of benzene rings is 1. The van der Waals surface area contributed by atoms with Crippen molar-refractivity contribution >= 4 is 17.5 Å². The lowest BCUT2D eigenvalue weighted by Gasteiger charge is -2.20. The molecule has 104 valence electrons. The van der Waals surface area contributed by atoms with Crippen LogP contribution in [-0.4, -0.2) is 36.4 Å². The monoisotopic (exact) mass is 264 g/mol. The lowest BCUT2D eigenvalue weighted by Crippen LogP contribution is -2.40. The Labute approximate surface area is 113 Å². The predicted octanol–water partition coefficient (Wildman–Crippen LogP) is 1.89. The van der Waals surface area contributed by atoms with E-state index in [1.807, 2.05) is 20.8 Å². The lowest BCUT2D eigenvalue weighted by atomic mass is 10.3. The van der Waals surface area contributed by atoms with Crippen LogP contribution < -0.4 is 10.1 Å². The zero-order valence-corrected chi connectivity index (χ0v) is 11.8. The molecule has 0 aromatic heterocycles. The summed E-state index contributed by atoms with van der Waals surface area (Å²) in [7, 11) is 1.60. The van der Waals surface area contributed by atoms with Gasteiger partial charge in [0, 0.05) is 24.8 Å². The smallest absolute Gasteiger partial charge is 0.313 e. The average Bonchev–Trinajstić information content (AvgIpc) is 2.37. The first-order chi connectivity index (χ1) is 8.95. The molecule has 0 heterocycles. The van der Waals surface area contributed by atoms with Crippen molar-refractivity contribution in [3.63, 3.8) is 0 Å². The van der Waals surface area contributed by atoms with Crippen molar-refractivity contribution in [3.05, 3.63) is 24.3 Å². The van der Waals surface area contributed by atoms with E-state index in [-0.39, 0.29) is 6.04 Å². The average molecular weight is 264 g/mol. The number of nitrogens with zero attached hydrogens (tertiary/aromatic N) is 1. The maximum absolute atomic E-state index is 11.8. The van der Waals surface area contributed by atoms with Gasteiger partial charge < -0.3 is 15.0 Å². The fourth-order valence-electron chi connectivity index (χ4n) is 1.41. The van der Waals surface area contributed by atoms with E-state index in [0.29, 0.717) is 18.0 Å². The van der Waals surface area contributed by atoms with Gasteiger partial charge in [0.2, 0.25) is 0 Å². The molecule has 0 aliphatic carbocycles. The summed E-state index contributed by atoms with van der Waals surface area (Å²) in [5.41, 5.74) is 0.543. The zero-order valence-electron chi connectivity index (χ0n) is 11.8. The van der Waals surface area contributed by atoms with Gasteiger partial charge in [0.05, 0.1) is 6.61 Å². The molecule has 0 atom stereocenters. The van der Waals surface area contributed by atoms with E-state index >= 15 is 0 Å². The van der Waals surface area contributed by atoms with Gasteiger partial charge in [-0.3, -0.25) is 9.59 Å². The molecule has 5 heteroatoms. The molecule has 0 fully saturated rings. The minimum atomic E-state index is -0.648. The van der Waals surface area contributed by atoms with Gasteiger partial charge in [-0.25, -0.2) is 0 Å². The van der Waals surface area contributed by atoms with Gasteiger partial charge >= 0.3 is 11.8 Å². The molecule has 0 saturated carbocycles. The Kier molecular flexibility index (Phi) is 5.36. The second-order valence-electron chi connectivity index (χ2n) is 4.42. The Morgan fingerprint density at radius 2 is 2.05 bits per heavy atom. The van der Waals surface area contributed by atoms with E-state index in [4.69, 9.17) is 4.74 Å². The van der Waals surface area contributed by atoms with Gasteiger partial charge in [-0.05, 0) is 32.9 Å². The first kappa shape index (κ1) is 15.0. The highest BCUT2D eigenvalue weighted by Crippen LogP contribution is 2.17. The number of likely N-dealkylation sites (N-methyl/N-ethyl adjacent to an activating group) is 1. The summed E-state index contributed by atoms with van der Waals surface area (Å²) in [4.78, 5) is 25.0. The van der Waals surface area contributed by atoms with Crippen LogP contribution in [0.1, 0.15) is 20.8 Å². The van der Waals surface area contributed by atoms with Gasteiger partial charge in [-0.1, -0.05) is 6.07 Å². The molecule has 5 nitrogen and oxygen atoms in total. The van der Waals surface area contributed by atoms with Crippen LogP contribution in [0.4, 0.5) is 5.69 Å². The predicted molar refractivity (Wildman–Crippen MR) is 74.1 cm³/mol. The molecular weight excluding hydrogens is 244 g/mol. The largest absolute Gasteiger partial charge is 0.494 e. The molecule has 0 unspecified atom stereocenters. The summed E-state index contributed by atoms with van der Waals surface area (Å²) in [6.07, 6.45) is 0. The van der Waals surface area contributed by atoms with E-state index < -0.39 is 11.8 Å². The van der Waals surface area contributed by atoms with Crippen LogP contribution in [0.25, 0.3) is 0 Å². The van der Waals surface area contributed by atoms with Crippen LogP contribution in [-0.2, 0) is 9.59 Å². The van der Waals surface area contributed by atoms with Crippen molar-refractivity contribution in [2.45, 2.75) is 26.8 Å². The third-order valence-electron chi connectivity index (χ3n) is 2.69. The number of carbonyl (C=O) groups excluding carboxylic acids is 2. The minimum Gasteiger partial charge on any atom is -0.494 e. The van der Waals surface area contributed by atoms with Gasteiger partial charge in [-0.2, -0.15) is 0 Å². The quantitative estimate of drug-likeness (QED) is 0.845. The summed E-state index contributed by atoms with van der Waals surface area (Å²) in [5.74, 6) is -0.549. The fourth-order valence-corrected chi connectivity index (χ4v) is 1.41. The van der Waals surface area contributed by atoms with Crippen molar-refractivity contribution in [2.24, 2.45) is 0 Å². The number of anilines is 1. The first-order valence-corrected chi connectivity index (χ1v) is 6.26. The maximum atomic E-state index is 11.8. The van der Waals surface area contributed by atoms with Crippen molar-refractivity contribution in [3.8, 4) is 5.75 Å². The van der Waals surface area contributed by atoms with Crippen molar-refractivity contribution in [2.75, 3.05) is 19.0 Å². The maximum Gasteiger partial charge on any atom is 0.313 e. The molecule has 19 heavy (non-hydrogen) atoms. The standard InChI is InChI=1S/C14H20N2O3/c1-5-19-12-8-6-7-11(9-12)15-13(17)14(18)16(4)10(2)3/h6-10H,5H2,1-4H3,(H,15,17). The van der Waals surface area contributed by atoms with Crippen molar-refractivity contribution in [1.82, 2.24) is 4.90 Å². The molecule has 1 rings (SSSR count). The Hall–Kier alpha value is -2.04. The molecule has 1 N–H and O–H groups in total. The highest BCUT2D eigenvalue weighted by molar-refractivity contribution is 6.39. The second-order valence-corrected chi connectivity index (χ2v) is 4.42. The van der Waals surface area contributed by atoms with E-state index in [1.54, 1.807) is 31.3 Å².